The van der Waals surface area contributed by atoms with Crippen LogP contribution in [0.3, 0.4) is 0 Å². The van der Waals surface area contributed by atoms with Crippen LogP contribution in [0.5, 0.6) is 0 Å². The molecule has 0 aromatic heterocycles. The molecule has 0 aliphatic rings. The predicted octanol–water partition coefficient (Wildman–Crippen LogP) is 1.97. The maximum Gasteiger partial charge on any atom is 0.255 e. The van der Waals surface area contributed by atoms with E-state index < -0.39 is 18.9 Å². The Kier molecular flexibility index (Phi) is 6.01. The monoisotopic (exact) mass is 277 g/mol. The Morgan fingerprint density at radius 2 is 1.94 bits per heavy atom. The minimum absolute atomic E-state index is 0.0177. The summed E-state index contributed by atoms with van der Waals surface area (Å²) in [5, 5.41) is 9.29. The van der Waals surface area contributed by atoms with Gasteiger partial charge >= 0.3 is 0 Å². The zero-order chi connectivity index (χ0) is 13.5. The summed E-state index contributed by atoms with van der Waals surface area (Å²) in [5.74, 6) is -0.438. The molecule has 0 bridgehead atoms. The fraction of sp³-hybridized carbons (Fsp3) is 0.417. The maximum atomic E-state index is 12.3. The van der Waals surface area contributed by atoms with Gasteiger partial charge in [0.2, 0.25) is 5.91 Å². The molecule has 1 aromatic carbocycles. The van der Waals surface area contributed by atoms with Gasteiger partial charge in [0.05, 0.1) is 19.6 Å². The van der Waals surface area contributed by atoms with Crippen molar-refractivity contribution < 1.29 is 18.7 Å². The fourth-order valence-corrected chi connectivity index (χ4v) is 1.62. The number of amides is 1. The van der Waals surface area contributed by atoms with Crippen LogP contribution >= 0.6 is 11.6 Å². The van der Waals surface area contributed by atoms with Crippen LogP contribution in [0.15, 0.2) is 24.3 Å². The average molecular weight is 278 g/mol. The number of rotatable bonds is 6. The third kappa shape index (κ3) is 4.98. The Hall–Kier alpha value is -1.20. The van der Waals surface area contributed by atoms with Crippen LogP contribution in [0.25, 0.3) is 0 Å². The number of nitrogens with zero attached hydrogens (tertiary/aromatic N) is 1. The lowest BCUT2D eigenvalue weighted by Gasteiger charge is -2.21. The van der Waals surface area contributed by atoms with E-state index in [1.54, 1.807) is 24.3 Å². The number of hydrogen-bond acceptors (Lipinski definition) is 2. The van der Waals surface area contributed by atoms with Gasteiger partial charge < -0.3 is 10.0 Å². The highest BCUT2D eigenvalue weighted by molar-refractivity contribution is 6.30. The average Bonchev–Trinajstić information content (AvgIpc) is 2.31. The minimum Gasteiger partial charge on any atom is -0.395 e. The quantitative estimate of drug-likeness (QED) is 0.864. The second-order valence-corrected chi connectivity index (χ2v) is 4.19. The normalized spacial score (nSPS) is 10.7. The molecule has 3 nitrogen and oxygen atoms in total. The van der Waals surface area contributed by atoms with Crippen molar-refractivity contribution in [2.45, 2.75) is 12.8 Å². The summed E-state index contributed by atoms with van der Waals surface area (Å²) in [6, 6.07) is 6.60. The van der Waals surface area contributed by atoms with E-state index in [2.05, 4.69) is 0 Å². The Morgan fingerprint density at radius 1 is 1.33 bits per heavy atom. The Balaban J connectivity index is 2.63. The third-order valence-electron chi connectivity index (χ3n) is 2.35. The highest BCUT2D eigenvalue weighted by Crippen LogP contribution is 2.11. The lowest BCUT2D eigenvalue weighted by Crippen LogP contribution is -2.38. The number of alkyl halides is 2. The Bertz CT molecular complexity index is 384. The molecule has 1 aromatic rings. The smallest absolute Gasteiger partial charge is 0.255 e. The van der Waals surface area contributed by atoms with Crippen LogP contribution in [0, 0.1) is 0 Å². The zero-order valence-electron chi connectivity index (χ0n) is 9.65. The molecule has 1 N–H and O–H groups in total. The van der Waals surface area contributed by atoms with Crippen molar-refractivity contribution in [3.63, 3.8) is 0 Å². The van der Waals surface area contributed by atoms with Gasteiger partial charge in [-0.25, -0.2) is 8.78 Å². The SMILES string of the molecule is O=C(Cc1ccc(Cl)cc1)N(CCO)CC(F)F. The van der Waals surface area contributed by atoms with E-state index in [0.717, 1.165) is 4.90 Å². The van der Waals surface area contributed by atoms with Crippen LogP contribution in [0.2, 0.25) is 5.02 Å². The van der Waals surface area contributed by atoms with Crippen molar-refractivity contribution in [2.75, 3.05) is 19.7 Å². The van der Waals surface area contributed by atoms with Gasteiger partial charge in [0, 0.05) is 11.6 Å². The van der Waals surface area contributed by atoms with Crippen molar-refractivity contribution in [2.24, 2.45) is 0 Å². The number of aliphatic hydroxyl groups is 1. The summed E-state index contributed by atoms with van der Waals surface area (Å²) in [6.45, 7) is -1.08. The molecule has 0 spiro atoms. The van der Waals surface area contributed by atoms with Crippen molar-refractivity contribution in [1.29, 1.82) is 0 Å². The molecule has 0 fully saturated rings. The molecule has 18 heavy (non-hydrogen) atoms. The van der Waals surface area contributed by atoms with Crippen molar-refractivity contribution in [3.8, 4) is 0 Å². The molecule has 1 rings (SSSR count). The first-order chi connectivity index (χ1) is 8.52. The first kappa shape index (κ1) is 14.9. The number of carbonyl (C=O) groups is 1. The highest BCUT2D eigenvalue weighted by atomic mass is 35.5. The van der Waals surface area contributed by atoms with Gasteiger partial charge in [-0.3, -0.25) is 4.79 Å². The first-order valence-corrected chi connectivity index (χ1v) is 5.82. The van der Waals surface area contributed by atoms with Crippen LogP contribution < -0.4 is 0 Å². The van der Waals surface area contributed by atoms with Crippen LogP contribution in [0.4, 0.5) is 8.78 Å². The Morgan fingerprint density at radius 3 is 2.44 bits per heavy atom. The van der Waals surface area contributed by atoms with Gasteiger partial charge in [0.1, 0.15) is 0 Å². The van der Waals surface area contributed by atoms with E-state index in [4.69, 9.17) is 16.7 Å². The fourth-order valence-electron chi connectivity index (χ4n) is 1.49. The van der Waals surface area contributed by atoms with E-state index in [-0.39, 0.29) is 19.6 Å². The molecule has 0 radical (unpaired) electrons. The van der Waals surface area contributed by atoms with Crippen LogP contribution in [-0.2, 0) is 11.2 Å². The number of benzene rings is 1. The molecule has 1 amide bonds. The van der Waals surface area contributed by atoms with Gasteiger partial charge in [-0.05, 0) is 17.7 Å². The summed E-state index contributed by atoms with van der Waals surface area (Å²) in [4.78, 5) is 12.7. The lowest BCUT2D eigenvalue weighted by molar-refractivity contribution is -0.133. The van der Waals surface area contributed by atoms with E-state index >= 15 is 0 Å². The second kappa shape index (κ2) is 7.28. The molecule has 100 valence electrons. The summed E-state index contributed by atoms with van der Waals surface area (Å²) in [6.07, 6.45) is -2.59. The first-order valence-electron chi connectivity index (χ1n) is 5.44. The Labute approximate surface area is 109 Å². The molecule has 0 aliphatic heterocycles. The molecule has 0 saturated heterocycles. The molecule has 0 heterocycles. The van der Waals surface area contributed by atoms with Crippen molar-refractivity contribution in [1.82, 2.24) is 4.90 Å². The summed E-state index contributed by atoms with van der Waals surface area (Å²) in [7, 11) is 0. The molecule has 0 saturated carbocycles. The predicted molar refractivity (Wildman–Crippen MR) is 64.8 cm³/mol. The van der Waals surface area contributed by atoms with E-state index in [9.17, 15) is 13.6 Å². The van der Waals surface area contributed by atoms with Crippen LogP contribution in [-0.4, -0.2) is 42.0 Å². The minimum atomic E-state index is -2.61. The van der Waals surface area contributed by atoms with Gasteiger partial charge in [-0.2, -0.15) is 0 Å². The van der Waals surface area contributed by atoms with Gasteiger partial charge in [0.15, 0.2) is 0 Å². The van der Waals surface area contributed by atoms with Crippen LogP contribution in [0.1, 0.15) is 5.56 Å². The summed E-state index contributed by atoms with van der Waals surface area (Å²) in [5.41, 5.74) is 0.696. The number of carbonyl (C=O) groups excluding carboxylic acids is 1. The molecule has 6 heteroatoms. The lowest BCUT2D eigenvalue weighted by atomic mass is 10.1. The standard InChI is InChI=1S/C12H14ClF2NO2/c13-10-3-1-9(2-4-10)7-12(18)16(5-6-17)8-11(14)15/h1-4,11,17H,5-8H2. The van der Waals surface area contributed by atoms with E-state index in [0.29, 0.717) is 10.6 Å². The number of halogens is 3. The van der Waals surface area contributed by atoms with E-state index in [1.165, 1.54) is 0 Å². The van der Waals surface area contributed by atoms with Crippen molar-refractivity contribution in [3.05, 3.63) is 34.9 Å². The van der Waals surface area contributed by atoms with E-state index in [1.807, 2.05) is 0 Å². The third-order valence-corrected chi connectivity index (χ3v) is 2.60. The highest BCUT2D eigenvalue weighted by Gasteiger charge is 2.17. The molecular weight excluding hydrogens is 264 g/mol. The summed E-state index contributed by atoms with van der Waals surface area (Å²) < 4.78 is 24.5. The molecule has 0 atom stereocenters. The summed E-state index contributed by atoms with van der Waals surface area (Å²) >= 11 is 5.70. The molecule has 0 unspecified atom stereocenters. The second-order valence-electron chi connectivity index (χ2n) is 3.76. The van der Waals surface area contributed by atoms with Gasteiger partial charge in [-0.15, -0.1) is 0 Å². The molecular formula is C12H14ClF2NO2. The number of hydrogen-bond donors (Lipinski definition) is 1. The number of aliphatic hydroxyl groups excluding tert-OH is 1. The van der Waals surface area contributed by atoms with Gasteiger partial charge in [0.25, 0.3) is 6.43 Å². The largest absolute Gasteiger partial charge is 0.395 e. The topological polar surface area (TPSA) is 40.5 Å². The zero-order valence-corrected chi connectivity index (χ0v) is 10.4. The van der Waals surface area contributed by atoms with Gasteiger partial charge in [-0.1, -0.05) is 23.7 Å². The molecule has 0 aliphatic carbocycles. The van der Waals surface area contributed by atoms with Crippen molar-refractivity contribution >= 4 is 17.5 Å². The maximum absolute atomic E-state index is 12.3.